The minimum atomic E-state index is -4.31. The van der Waals surface area contributed by atoms with E-state index in [4.69, 9.17) is 5.26 Å². The zero-order valence-corrected chi connectivity index (χ0v) is 8.67. The van der Waals surface area contributed by atoms with Gasteiger partial charge in [0.25, 0.3) is 0 Å². The highest BCUT2D eigenvalue weighted by molar-refractivity contribution is 5.45. The molecule has 0 fully saturated rings. The van der Waals surface area contributed by atoms with Crippen molar-refractivity contribution in [3.05, 3.63) is 29.8 Å². The second kappa shape index (κ2) is 4.88. The number of rotatable bonds is 3. The summed E-state index contributed by atoms with van der Waals surface area (Å²) in [6.45, 7) is 1.79. The number of hydrogen-bond donors (Lipinski definition) is 1. The van der Waals surface area contributed by atoms with E-state index in [0.717, 1.165) is 12.1 Å². The number of hydrogen-bond acceptors (Lipinski definition) is 2. The van der Waals surface area contributed by atoms with E-state index in [2.05, 4.69) is 5.32 Å². The summed E-state index contributed by atoms with van der Waals surface area (Å²) in [5.74, 6) is 0. The molecule has 1 N–H and O–H groups in total. The first-order chi connectivity index (χ1) is 7.43. The number of alkyl halides is 3. The molecule has 1 unspecified atom stereocenters. The molecule has 2 nitrogen and oxygen atoms in total. The number of halogens is 3. The first-order valence-electron chi connectivity index (χ1n) is 4.74. The molecule has 0 saturated heterocycles. The van der Waals surface area contributed by atoms with Crippen molar-refractivity contribution in [1.82, 2.24) is 0 Å². The third kappa shape index (κ3) is 3.46. The molecule has 1 rings (SSSR count). The Morgan fingerprint density at radius 3 is 2.31 bits per heavy atom. The summed E-state index contributed by atoms with van der Waals surface area (Å²) in [4.78, 5) is 0. The number of benzene rings is 1. The van der Waals surface area contributed by atoms with Gasteiger partial charge in [0.1, 0.15) is 0 Å². The van der Waals surface area contributed by atoms with E-state index in [1.807, 2.05) is 6.07 Å². The first kappa shape index (κ1) is 12.4. The lowest BCUT2D eigenvalue weighted by atomic mass is 10.2. The molecule has 1 aromatic carbocycles. The highest BCUT2D eigenvalue weighted by Gasteiger charge is 2.29. The minimum absolute atomic E-state index is 0.0817. The zero-order chi connectivity index (χ0) is 12.2. The maximum absolute atomic E-state index is 12.2. The molecule has 1 aromatic rings. The molecule has 5 heteroatoms. The predicted octanol–water partition coefficient (Wildman–Crippen LogP) is 3.42. The van der Waals surface area contributed by atoms with E-state index in [1.165, 1.54) is 12.1 Å². The SMILES string of the molecule is CC(CC#N)Nc1ccc(C(F)(F)F)cc1. The molecule has 0 radical (unpaired) electrons. The lowest BCUT2D eigenvalue weighted by molar-refractivity contribution is -0.137. The van der Waals surface area contributed by atoms with E-state index >= 15 is 0 Å². The van der Waals surface area contributed by atoms with Crippen LogP contribution in [0.1, 0.15) is 18.9 Å². The van der Waals surface area contributed by atoms with Crippen molar-refractivity contribution in [2.45, 2.75) is 25.6 Å². The number of nitrogens with one attached hydrogen (secondary N) is 1. The van der Waals surface area contributed by atoms with Crippen LogP contribution in [0.2, 0.25) is 0 Å². The first-order valence-corrected chi connectivity index (χ1v) is 4.74. The van der Waals surface area contributed by atoms with Crippen LogP contribution in [-0.2, 0) is 6.18 Å². The lowest BCUT2D eigenvalue weighted by Gasteiger charge is -2.13. The zero-order valence-electron chi connectivity index (χ0n) is 8.67. The fourth-order valence-corrected chi connectivity index (χ4v) is 1.23. The topological polar surface area (TPSA) is 35.8 Å². The van der Waals surface area contributed by atoms with Gasteiger partial charge in [0.15, 0.2) is 0 Å². The van der Waals surface area contributed by atoms with Gasteiger partial charge in [-0.2, -0.15) is 18.4 Å². The van der Waals surface area contributed by atoms with E-state index in [1.54, 1.807) is 6.92 Å². The molecular formula is C11H11F3N2. The lowest BCUT2D eigenvalue weighted by Crippen LogP contribution is -2.14. The van der Waals surface area contributed by atoms with Crippen LogP contribution < -0.4 is 5.32 Å². The maximum atomic E-state index is 12.2. The molecule has 0 bridgehead atoms. The van der Waals surface area contributed by atoms with Gasteiger partial charge in [-0.15, -0.1) is 0 Å². The van der Waals surface area contributed by atoms with Crippen LogP contribution in [0.15, 0.2) is 24.3 Å². The van der Waals surface area contributed by atoms with Crippen LogP contribution >= 0.6 is 0 Å². The average Bonchev–Trinajstić information content (AvgIpc) is 2.17. The van der Waals surface area contributed by atoms with Gasteiger partial charge in [0, 0.05) is 11.7 Å². The smallest absolute Gasteiger partial charge is 0.382 e. The highest BCUT2D eigenvalue weighted by atomic mass is 19.4. The van der Waals surface area contributed by atoms with Gasteiger partial charge in [-0.25, -0.2) is 0 Å². The Labute approximate surface area is 91.7 Å². The molecule has 0 aliphatic carbocycles. The van der Waals surface area contributed by atoms with Crippen molar-refractivity contribution in [2.75, 3.05) is 5.32 Å². The number of nitriles is 1. The van der Waals surface area contributed by atoms with Crippen LogP contribution in [0, 0.1) is 11.3 Å². The fraction of sp³-hybridized carbons (Fsp3) is 0.364. The van der Waals surface area contributed by atoms with Crippen LogP contribution in [0.4, 0.5) is 18.9 Å². The van der Waals surface area contributed by atoms with Crippen LogP contribution in [0.5, 0.6) is 0 Å². The van der Waals surface area contributed by atoms with Gasteiger partial charge in [0.05, 0.1) is 18.1 Å². The van der Waals surface area contributed by atoms with Crippen molar-refractivity contribution in [3.63, 3.8) is 0 Å². The van der Waals surface area contributed by atoms with Crippen molar-refractivity contribution in [1.29, 1.82) is 5.26 Å². The second-order valence-corrected chi connectivity index (χ2v) is 3.48. The van der Waals surface area contributed by atoms with Gasteiger partial charge < -0.3 is 5.32 Å². The third-order valence-corrected chi connectivity index (χ3v) is 2.02. The highest BCUT2D eigenvalue weighted by Crippen LogP contribution is 2.29. The summed E-state index contributed by atoms with van der Waals surface area (Å²) in [7, 11) is 0. The second-order valence-electron chi connectivity index (χ2n) is 3.48. The molecule has 16 heavy (non-hydrogen) atoms. The van der Waals surface area contributed by atoms with Crippen molar-refractivity contribution >= 4 is 5.69 Å². The molecule has 86 valence electrons. The van der Waals surface area contributed by atoms with Crippen LogP contribution in [0.25, 0.3) is 0 Å². The number of nitrogens with zero attached hydrogens (tertiary/aromatic N) is 1. The largest absolute Gasteiger partial charge is 0.416 e. The molecule has 0 aliphatic rings. The van der Waals surface area contributed by atoms with Crippen molar-refractivity contribution < 1.29 is 13.2 Å². The Hall–Kier alpha value is -1.70. The molecule has 0 saturated carbocycles. The Morgan fingerprint density at radius 2 is 1.88 bits per heavy atom. The van der Waals surface area contributed by atoms with Gasteiger partial charge in [0.2, 0.25) is 0 Å². The average molecular weight is 228 g/mol. The summed E-state index contributed by atoms with van der Waals surface area (Å²) >= 11 is 0. The van der Waals surface area contributed by atoms with Crippen LogP contribution in [0.3, 0.4) is 0 Å². The summed E-state index contributed by atoms with van der Waals surface area (Å²) in [5.41, 5.74) is -0.0956. The van der Waals surface area contributed by atoms with Crippen LogP contribution in [-0.4, -0.2) is 6.04 Å². The van der Waals surface area contributed by atoms with Gasteiger partial charge in [-0.3, -0.25) is 0 Å². The normalized spacial score (nSPS) is 12.9. The molecule has 0 aromatic heterocycles. The fourth-order valence-electron chi connectivity index (χ4n) is 1.23. The van der Waals surface area contributed by atoms with E-state index < -0.39 is 11.7 Å². The van der Waals surface area contributed by atoms with Gasteiger partial charge >= 0.3 is 6.18 Å². The summed E-state index contributed by atoms with van der Waals surface area (Å²) in [5, 5.41) is 11.4. The summed E-state index contributed by atoms with van der Waals surface area (Å²) < 4.78 is 36.7. The minimum Gasteiger partial charge on any atom is -0.382 e. The number of anilines is 1. The third-order valence-electron chi connectivity index (χ3n) is 2.02. The van der Waals surface area contributed by atoms with E-state index in [-0.39, 0.29) is 6.04 Å². The Kier molecular flexibility index (Phi) is 3.78. The molecule has 0 aliphatic heterocycles. The molecular weight excluding hydrogens is 217 g/mol. The monoisotopic (exact) mass is 228 g/mol. The quantitative estimate of drug-likeness (QED) is 0.860. The van der Waals surface area contributed by atoms with E-state index in [0.29, 0.717) is 12.1 Å². The Balaban J connectivity index is 2.69. The summed E-state index contributed by atoms with van der Waals surface area (Å²) in [6.07, 6.45) is -4.00. The van der Waals surface area contributed by atoms with E-state index in [9.17, 15) is 13.2 Å². The van der Waals surface area contributed by atoms with Gasteiger partial charge in [-0.05, 0) is 31.2 Å². The standard InChI is InChI=1S/C11H11F3N2/c1-8(6-7-15)16-10-4-2-9(3-5-10)11(12,13)14/h2-5,8,16H,6H2,1H3. The van der Waals surface area contributed by atoms with Gasteiger partial charge in [-0.1, -0.05) is 0 Å². The Morgan fingerprint density at radius 1 is 1.31 bits per heavy atom. The molecule has 0 spiro atoms. The predicted molar refractivity (Wildman–Crippen MR) is 54.8 cm³/mol. The maximum Gasteiger partial charge on any atom is 0.416 e. The van der Waals surface area contributed by atoms with Crippen molar-refractivity contribution in [2.24, 2.45) is 0 Å². The molecule has 0 heterocycles. The summed E-state index contributed by atoms with van der Waals surface area (Å²) in [6, 6.07) is 6.65. The Bertz CT molecular complexity index is 376. The molecule has 0 amide bonds. The van der Waals surface area contributed by atoms with Crippen molar-refractivity contribution in [3.8, 4) is 6.07 Å². The molecule has 1 atom stereocenters.